The molecular weight excluding hydrogens is 302 g/mol. The Labute approximate surface area is 156 Å². The van der Waals surface area contributed by atoms with Gasteiger partial charge in [0.2, 0.25) is 0 Å². The molecule has 0 radical (unpaired) electrons. The minimum Gasteiger partial charge on any atom is -0.333 e. The van der Waals surface area contributed by atoms with Crippen molar-refractivity contribution in [3.63, 3.8) is 0 Å². The fraction of sp³-hybridized carbons (Fsp3) is 0.500. The lowest BCUT2D eigenvalue weighted by atomic mass is 9.96. The van der Waals surface area contributed by atoms with Gasteiger partial charge in [-0.1, -0.05) is 93.6 Å². The molecule has 2 rings (SSSR count). The summed E-state index contributed by atoms with van der Waals surface area (Å²) in [5.74, 6) is 0. The molecule has 25 heavy (non-hydrogen) atoms. The highest BCUT2D eigenvalue weighted by Crippen LogP contribution is 2.24. The minimum atomic E-state index is 1.00. The summed E-state index contributed by atoms with van der Waals surface area (Å²) in [4.78, 5) is 0. The predicted molar refractivity (Wildman–Crippen MR) is 113 cm³/mol. The number of quaternary nitrogens is 1. The normalized spacial score (nSPS) is 10.9. The fourth-order valence-corrected chi connectivity index (χ4v) is 2.73. The molecule has 0 fully saturated rings. The molecule has 1 nitrogen and oxygen atoms in total. The molecule has 0 unspecified atom stereocenters. The van der Waals surface area contributed by atoms with Gasteiger partial charge in [-0.25, -0.2) is 0 Å². The molecule has 0 N–H and O–H groups in total. The van der Waals surface area contributed by atoms with Crippen LogP contribution in [0.1, 0.15) is 51.0 Å². The van der Waals surface area contributed by atoms with Crippen LogP contribution in [0.4, 0.5) is 0 Å². The molecule has 0 spiro atoms. The number of benzene rings is 2. The van der Waals surface area contributed by atoms with E-state index in [9.17, 15) is 0 Å². The van der Waals surface area contributed by atoms with Crippen molar-refractivity contribution in [1.82, 2.24) is 0 Å². The number of hydrogen-bond donors (Lipinski definition) is 0. The van der Waals surface area contributed by atoms with Crippen molar-refractivity contribution in [3.05, 3.63) is 60.2 Å². The maximum absolute atomic E-state index is 2.29. The topological polar surface area (TPSA) is 0 Å². The lowest BCUT2D eigenvalue weighted by Gasteiger charge is -2.14. The first-order valence-corrected chi connectivity index (χ1v) is 9.84. The van der Waals surface area contributed by atoms with E-state index in [1.807, 2.05) is 0 Å². The molecule has 0 heterocycles. The average molecular weight is 341 g/mol. The molecule has 0 aromatic heterocycles. The highest BCUT2D eigenvalue weighted by molar-refractivity contribution is 5.67. The number of hydrogen-bond acceptors (Lipinski definition) is 0. The summed E-state index contributed by atoms with van der Waals surface area (Å²) in [6.07, 6.45) is 9.39. The second-order valence-electron chi connectivity index (χ2n) is 8.22. The Balaban J connectivity index is 0.000000550. The molecule has 0 aliphatic carbocycles. The Bertz CT molecular complexity index is 560. The van der Waals surface area contributed by atoms with Gasteiger partial charge in [-0.2, -0.15) is 0 Å². The van der Waals surface area contributed by atoms with E-state index in [2.05, 4.69) is 89.7 Å². The summed E-state index contributed by atoms with van der Waals surface area (Å²) in [5.41, 5.74) is 4.24. The van der Waals surface area contributed by atoms with Crippen LogP contribution in [0.5, 0.6) is 0 Å². The largest absolute Gasteiger partial charge is 0.333 e. The Kier molecular flexibility index (Phi) is 10.2. The molecular formula is C24H38N+. The van der Waals surface area contributed by atoms with Crippen molar-refractivity contribution in [3.8, 4) is 11.1 Å². The van der Waals surface area contributed by atoms with E-state index < -0.39 is 0 Å². The summed E-state index contributed by atoms with van der Waals surface area (Å²) in [5, 5.41) is 0. The molecule has 0 amide bonds. The van der Waals surface area contributed by atoms with Gasteiger partial charge < -0.3 is 4.48 Å². The van der Waals surface area contributed by atoms with Gasteiger partial charge in [-0.15, -0.1) is 0 Å². The number of aryl methyl sites for hydroxylation is 1. The maximum atomic E-state index is 2.29. The second kappa shape index (κ2) is 11.9. The molecule has 0 bridgehead atoms. The summed E-state index contributed by atoms with van der Waals surface area (Å²) in [6.45, 7) is 2.27. The van der Waals surface area contributed by atoms with Crippen molar-refractivity contribution in [2.75, 3.05) is 28.2 Å². The minimum absolute atomic E-state index is 1.00. The third kappa shape index (κ3) is 10.8. The lowest BCUT2D eigenvalue weighted by molar-refractivity contribution is -0.849. The predicted octanol–water partition coefficient (Wildman–Crippen LogP) is 6.58. The SMILES string of the molecule is CCCCCCCCc1ccccc1-c1ccccc1.C[N+](C)(C)C. The van der Waals surface area contributed by atoms with Crippen LogP contribution in [-0.2, 0) is 6.42 Å². The van der Waals surface area contributed by atoms with Gasteiger partial charge in [0.1, 0.15) is 0 Å². The van der Waals surface area contributed by atoms with Crippen molar-refractivity contribution >= 4 is 0 Å². The Morgan fingerprint density at radius 1 is 0.640 bits per heavy atom. The third-order valence-corrected chi connectivity index (χ3v) is 3.90. The molecule has 0 saturated heterocycles. The van der Waals surface area contributed by atoms with Gasteiger partial charge in [-0.3, -0.25) is 0 Å². The van der Waals surface area contributed by atoms with Gasteiger partial charge in [0, 0.05) is 0 Å². The van der Waals surface area contributed by atoms with Crippen LogP contribution in [0, 0.1) is 0 Å². The van der Waals surface area contributed by atoms with Crippen LogP contribution in [-0.4, -0.2) is 32.7 Å². The molecule has 2 aromatic carbocycles. The van der Waals surface area contributed by atoms with Gasteiger partial charge in [0.05, 0.1) is 28.2 Å². The number of nitrogens with zero attached hydrogens (tertiary/aromatic N) is 1. The van der Waals surface area contributed by atoms with Crippen molar-refractivity contribution in [1.29, 1.82) is 0 Å². The fourth-order valence-electron chi connectivity index (χ4n) is 2.73. The van der Waals surface area contributed by atoms with Crippen molar-refractivity contribution in [2.45, 2.75) is 51.9 Å². The Morgan fingerprint density at radius 2 is 1.16 bits per heavy atom. The first kappa shape index (κ1) is 21.4. The van der Waals surface area contributed by atoms with Crippen LogP contribution in [0.3, 0.4) is 0 Å². The van der Waals surface area contributed by atoms with E-state index in [0.717, 1.165) is 4.48 Å². The zero-order chi connectivity index (χ0) is 18.5. The van der Waals surface area contributed by atoms with Gasteiger partial charge in [0.15, 0.2) is 0 Å². The van der Waals surface area contributed by atoms with E-state index in [1.54, 1.807) is 0 Å². The molecule has 1 heteroatoms. The summed E-state index contributed by atoms with van der Waals surface area (Å²) < 4.78 is 1.00. The number of rotatable bonds is 8. The summed E-state index contributed by atoms with van der Waals surface area (Å²) >= 11 is 0. The molecule has 138 valence electrons. The van der Waals surface area contributed by atoms with Gasteiger partial charge in [0.25, 0.3) is 0 Å². The second-order valence-corrected chi connectivity index (χ2v) is 8.22. The standard InChI is InChI=1S/C20H26.C4H12N/c1-2-3-4-5-6-8-13-19-16-11-12-17-20(19)18-14-9-7-10-15-18;1-5(2,3)4/h7,9-12,14-17H,2-6,8,13H2,1H3;1-4H3/q;+1. The van der Waals surface area contributed by atoms with E-state index in [1.165, 1.54) is 61.6 Å². The molecule has 0 aliphatic heterocycles. The van der Waals surface area contributed by atoms with Crippen LogP contribution in [0.15, 0.2) is 54.6 Å². The van der Waals surface area contributed by atoms with Crippen molar-refractivity contribution in [2.24, 2.45) is 0 Å². The third-order valence-electron chi connectivity index (χ3n) is 3.90. The van der Waals surface area contributed by atoms with Crippen LogP contribution in [0.25, 0.3) is 11.1 Å². The van der Waals surface area contributed by atoms with E-state index in [4.69, 9.17) is 0 Å². The monoisotopic (exact) mass is 340 g/mol. The van der Waals surface area contributed by atoms with Crippen LogP contribution >= 0.6 is 0 Å². The number of unbranched alkanes of at least 4 members (excludes halogenated alkanes) is 5. The summed E-state index contributed by atoms with van der Waals surface area (Å²) in [7, 11) is 8.50. The lowest BCUT2D eigenvalue weighted by Crippen LogP contribution is -2.27. The maximum Gasteiger partial charge on any atom is 0.0675 e. The summed E-state index contributed by atoms with van der Waals surface area (Å²) in [6, 6.07) is 19.6. The molecule has 0 saturated carbocycles. The van der Waals surface area contributed by atoms with Crippen molar-refractivity contribution < 1.29 is 4.48 Å². The van der Waals surface area contributed by atoms with Gasteiger partial charge >= 0.3 is 0 Å². The highest BCUT2D eigenvalue weighted by atomic mass is 15.2. The van der Waals surface area contributed by atoms with Crippen LogP contribution in [0.2, 0.25) is 0 Å². The first-order valence-electron chi connectivity index (χ1n) is 9.84. The van der Waals surface area contributed by atoms with Crippen LogP contribution < -0.4 is 0 Å². The zero-order valence-electron chi connectivity index (χ0n) is 17.1. The van der Waals surface area contributed by atoms with E-state index >= 15 is 0 Å². The highest BCUT2D eigenvalue weighted by Gasteiger charge is 2.03. The van der Waals surface area contributed by atoms with Gasteiger partial charge in [-0.05, 0) is 29.5 Å². The average Bonchev–Trinajstić information content (AvgIpc) is 2.58. The molecule has 2 aromatic rings. The van der Waals surface area contributed by atoms with E-state index in [-0.39, 0.29) is 0 Å². The smallest absolute Gasteiger partial charge is 0.0675 e. The quantitative estimate of drug-likeness (QED) is 0.376. The van der Waals surface area contributed by atoms with E-state index in [0.29, 0.717) is 0 Å². The molecule has 0 atom stereocenters. The Hall–Kier alpha value is -1.60. The first-order chi connectivity index (χ1) is 11.9. The zero-order valence-corrected chi connectivity index (χ0v) is 17.1. The molecule has 0 aliphatic rings. The Morgan fingerprint density at radius 3 is 1.80 bits per heavy atom.